The van der Waals surface area contributed by atoms with Crippen LogP contribution in [0.3, 0.4) is 0 Å². The van der Waals surface area contributed by atoms with Gasteiger partial charge in [0.15, 0.2) is 0 Å². The molecule has 1 nitrogen and oxygen atoms in total. The van der Waals surface area contributed by atoms with Gasteiger partial charge in [0.2, 0.25) is 0 Å². The molecule has 0 fully saturated rings. The van der Waals surface area contributed by atoms with Gasteiger partial charge in [-0.25, -0.2) is 0 Å². The molecule has 5 rings (SSSR count). The Bertz CT molecular complexity index is 1090. The second kappa shape index (κ2) is 3.45. The maximum Gasteiger partial charge on any atom is 0.0787 e. The van der Waals surface area contributed by atoms with Crippen LogP contribution in [-0.4, -0.2) is 4.98 Å². The predicted molar refractivity (Wildman–Crippen MR) is 85.4 cm³/mol. The van der Waals surface area contributed by atoms with Gasteiger partial charge in [0.1, 0.15) is 0 Å². The Morgan fingerprint density at radius 1 is 0.600 bits per heavy atom. The fourth-order valence-corrected chi connectivity index (χ4v) is 3.31. The van der Waals surface area contributed by atoms with Crippen molar-refractivity contribution in [1.29, 1.82) is 0 Å². The molecule has 0 atom stereocenters. The highest BCUT2D eigenvalue weighted by atomic mass is 14.7. The number of aromatic nitrogens is 1. The summed E-state index contributed by atoms with van der Waals surface area (Å²) in [6.45, 7) is 0. The van der Waals surface area contributed by atoms with E-state index in [0.717, 1.165) is 5.52 Å². The first-order valence-corrected chi connectivity index (χ1v) is 6.83. The zero-order valence-electron chi connectivity index (χ0n) is 10.8. The lowest BCUT2D eigenvalue weighted by molar-refractivity contribution is 1.48. The summed E-state index contributed by atoms with van der Waals surface area (Å²) in [6, 6.07) is 21.6. The van der Waals surface area contributed by atoms with E-state index < -0.39 is 0 Å². The molecule has 1 aromatic heterocycles. The van der Waals surface area contributed by atoms with E-state index in [1.165, 1.54) is 37.7 Å². The lowest BCUT2D eigenvalue weighted by Gasteiger charge is -1.97. The summed E-state index contributed by atoms with van der Waals surface area (Å²) in [7, 11) is 0. The summed E-state index contributed by atoms with van der Waals surface area (Å²) < 4.78 is 0. The minimum atomic E-state index is 1.10. The Kier molecular flexibility index (Phi) is 1.75. The first kappa shape index (κ1) is 10.2. The van der Waals surface area contributed by atoms with Crippen molar-refractivity contribution in [3.8, 4) is 0 Å². The lowest BCUT2D eigenvalue weighted by atomic mass is 10.1. The zero-order chi connectivity index (χ0) is 13.1. The minimum Gasteiger partial charge on any atom is -0.255 e. The minimum absolute atomic E-state index is 1.10. The second-order valence-electron chi connectivity index (χ2n) is 5.31. The molecule has 0 bridgehead atoms. The Hall–Kier alpha value is -2.67. The molecular formula is C19H11N. The summed E-state index contributed by atoms with van der Waals surface area (Å²) in [5, 5.41) is 8.89. The van der Waals surface area contributed by atoms with Crippen molar-refractivity contribution in [1.82, 2.24) is 4.98 Å². The molecule has 0 aliphatic rings. The highest BCUT2D eigenvalue weighted by molar-refractivity contribution is 6.29. The average molecular weight is 253 g/mol. The van der Waals surface area contributed by atoms with Gasteiger partial charge in [0.25, 0.3) is 0 Å². The number of hydrogen-bond acceptors (Lipinski definition) is 1. The van der Waals surface area contributed by atoms with Gasteiger partial charge in [0, 0.05) is 17.0 Å². The van der Waals surface area contributed by atoms with Gasteiger partial charge in [-0.3, -0.25) is 4.98 Å². The van der Waals surface area contributed by atoms with Crippen LogP contribution < -0.4 is 0 Å². The third kappa shape index (κ3) is 1.15. The van der Waals surface area contributed by atoms with Gasteiger partial charge in [-0.2, -0.15) is 0 Å². The highest BCUT2D eigenvalue weighted by Crippen LogP contribution is 2.37. The largest absolute Gasteiger partial charge is 0.255 e. The van der Waals surface area contributed by atoms with Gasteiger partial charge in [-0.05, 0) is 33.0 Å². The summed E-state index contributed by atoms with van der Waals surface area (Å²) >= 11 is 0. The lowest BCUT2D eigenvalue weighted by Crippen LogP contribution is -1.71. The van der Waals surface area contributed by atoms with Crippen molar-refractivity contribution in [2.45, 2.75) is 0 Å². The highest BCUT2D eigenvalue weighted by Gasteiger charge is 2.11. The molecule has 0 saturated carbocycles. The fourth-order valence-electron chi connectivity index (χ4n) is 3.31. The standard InChI is InChI=1S/C19H11N/c1-6-13-10-17-15-8-2-4-12-5-3-9-16(18(12)15)19(17)20-11-14(13)7-1/h1-11H. The number of nitrogens with zero attached hydrogens (tertiary/aromatic N) is 1. The molecule has 4 aromatic carbocycles. The number of fused-ring (bicyclic) bond motifs is 4. The molecule has 0 unspecified atom stereocenters. The molecular weight excluding hydrogens is 242 g/mol. The Labute approximate surface area is 115 Å². The number of benzene rings is 2. The molecule has 0 N–H and O–H groups in total. The van der Waals surface area contributed by atoms with Gasteiger partial charge < -0.3 is 0 Å². The Balaban J connectivity index is 2.20. The Morgan fingerprint density at radius 2 is 1.30 bits per heavy atom. The SMILES string of the molecule is c1cc2cnc3c(cc2c1)c1cccc2cccc3c21. The first-order chi connectivity index (χ1) is 9.92. The van der Waals surface area contributed by atoms with Crippen LogP contribution in [0.5, 0.6) is 0 Å². The van der Waals surface area contributed by atoms with E-state index in [9.17, 15) is 0 Å². The molecule has 1 heteroatoms. The van der Waals surface area contributed by atoms with Crippen molar-refractivity contribution < 1.29 is 0 Å². The van der Waals surface area contributed by atoms with E-state index >= 15 is 0 Å². The normalized spacial score (nSPS) is 12.0. The molecule has 0 saturated heterocycles. The number of hydrogen-bond donors (Lipinski definition) is 0. The van der Waals surface area contributed by atoms with Gasteiger partial charge in [0.05, 0.1) is 5.52 Å². The van der Waals surface area contributed by atoms with Gasteiger partial charge >= 0.3 is 0 Å². The monoisotopic (exact) mass is 253 g/mol. The van der Waals surface area contributed by atoms with E-state index in [-0.39, 0.29) is 0 Å². The molecule has 92 valence electrons. The zero-order valence-corrected chi connectivity index (χ0v) is 10.8. The van der Waals surface area contributed by atoms with Crippen LogP contribution >= 0.6 is 0 Å². The van der Waals surface area contributed by atoms with E-state index in [0.29, 0.717) is 0 Å². The summed E-state index contributed by atoms with van der Waals surface area (Å²) in [4.78, 5) is 4.76. The molecule has 20 heavy (non-hydrogen) atoms. The predicted octanol–water partition coefficient (Wildman–Crippen LogP) is 5.13. The van der Waals surface area contributed by atoms with Crippen LogP contribution in [-0.2, 0) is 0 Å². The quantitative estimate of drug-likeness (QED) is 0.372. The van der Waals surface area contributed by atoms with E-state index in [2.05, 4.69) is 60.7 Å². The fraction of sp³-hybridized carbons (Fsp3) is 0. The average Bonchev–Trinajstić information content (AvgIpc) is 2.99. The molecule has 0 amide bonds. The molecule has 0 aliphatic heterocycles. The number of rotatable bonds is 0. The molecule has 5 aromatic rings. The van der Waals surface area contributed by atoms with Crippen molar-refractivity contribution >= 4 is 43.2 Å². The van der Waals surface area contributed by atoms with Crippen molar-refractivity contribution in [3.63, 3.8) is 0 Å². The maximum atomic E-state index is 4.76. The van der Waals surface area contributed by atoms with Crippen LogP contribution in [0.2, 0.25) is 0 Å². The van der Waals surface area contributed by atoms with Crippen LogP contribution in [0.15, 0.2) is 66.9 Å². The Morgan fingerprint density at radius 3 is 2.20 bits per heavy atom. The van der Waals surface area contributed by atoms with Crippen LogP contribution in [0.1, 0.15) is 0 Å². The first-order valence-electron chi connectivity index (χ1n) is 6.83. The van der Waals surface area contributed by atoms with Crippen molar-refractivity contribution in [2.24, 2.45) is 0 Å². The van der Waals surface area contributed by atoms with Crippen molar-refractivity contribution in [3.05, 3.63) is 66.9 Å². The van der Waals surface area contributed by atoms with Crippen molar-refractivity contribution in [2.75, 3.05) is 0 Å². The van der Waals surface area contributed by atoms with Crippen LogP contribution in [0.4, 0.5) is 0 Å². The second-order valence-corrected chi connectivity index (χ2v) is 5.31. The molecule has 1 heterocycles. The third-order valence-electron chi connectivity index (χ3n) is 4.22. The topological polar surface area (TPSA) is 12.9 Å². The molecule has 0 spiro atoms. The molecule has 0 aliphatic carbocycles. The van der Waals surface area contributed by atoms with E-state index in [1.807, 2.05) is 6.20 Å². The third-order valence-corrected chi connectivity index (χ3v) is 4.22. The van der Waals surface area contributed by atoms with E-state index in [1.54, 1.807) is 0 Å². The van der Waals surface area contributed by atoms with E-state index in [4.69, 9.17) is 4.98 Å². The summed E-state index contributed by atoms with van der Waals surface area (Å²) in [6.07, 6.45) is 1.98. The summed E-state index contributed by atoms with van der Waals surface area (Å²) in [5.41, 5.74) is 1.10. The van der Waals surface area contributed by atoms with Gasteiger partial charge in [-0.15, -0.1) is 0 Å². The maximum absolute atomic E-state index is 4.76. The smallest absolute Gasteiger partial charge is 0.0787 e. The summed E-state index contributed by atoms with van der Waals surface area (Å²) in [5.74, 6) is 0. The van der Waals surface area contributed by atoms with Crippen LogP contribution in [0, 0.1) is 0 Å². The van der Waals surface area contributed by atoms with Gasteiger partial charge in [-0.1, -0.05) is 54.6 Å². The molecule has 0 radical (unpaired) electrons. The van der Waals surface area contributed by atoms with Crippen LogP contribution in [0.25, 0.3) is 43.2 Å².